The number of aliphatic imine (C=N–C) groups is 1. The number of carbonyl (C=O) groups excluding carboxylic acids is 2. The maximum absolute atomic E-state index is 13.6. The van der Waals surface area contributed by atoms with Crippen LogP contribution < -0.4 is 4.74 Å². The van der Waals surface area contributed by atoms with Crippen molar-refractivity contribution in [1.82, 2.24) is 0 Å². The monoisotopic (exact) mass is 481 g/mol. The fourth-order valence-electron chi connectivity index (χ4n) is 4.92. The van der Waals surface area contributed by atoms with E-state index in [2.05, 4.69) is 0 Å². The number of Topliss-reactive ketones (excluding diaryl/α,β-unsaturated/α-hetero) is 1. The second-order valence-corrected chi connectivity index (χ2v) is 9.45. The average molecular weight is 482 g/mol. The van der Waals surface area contributed by atoms with Crippen LogP contribution in [-0.2, 0) is 14.3 Å². The van der Waals surface area contributed by atoms with Gasteiger partial charge in [0.25, 0.3) is 0 Å². The number of carbonyl (C=O) groups is 2. The van der Waals surface area contributed by atoms with Gasteiger partial charge in [0.15, 0.2) is 17.3 Å². The van der Waals surface area contributed by atoms with Gasteiger partial charge >= 0.3 is 5.97 Å². The van der Waals surface area contributed by atoms with Gasteiger partial charge in [-0.25, -0.2) is 0 Å². The molecule has 178 valence electrons. The van der Waals surface area contributed by atoms with Crippen LogP contribution in [0.1, 0.15) is 56.6 Å². The topological polar surface area (TPSA) is 85.2 Å². The molecule has 0 radical (unpaired) electrons. The van der Waals surface area contributed by atoms with E-state index < -0.39 is 17.8 Å². The molecule has 2 aromatic carbocycles. The first kappa shape index (κ1) is 24.0. The largest absolute Gasteiger partial charge is 0.503 e. The highest BCUT2D eigenvalue weighted by molar-refractivity contribution is 6.32. The number of hydrogen-bond acceptors (Lipinski definition) is 6. The summed E-state index contributed by atoms with van der Waals surface area (Å²) in [7, 11) is 1.42. The molecule has 0 bridgehead atoms. The zero-order chi connectivity index (χ0) is 24.6. The summed E-state index contributed by atoms with van der Waals surface area (Å²) in [5, 5.41) is 10.3. The second kappa shape index (κ2) is 9.63. The van der Waals surface area contributed by atoms with Gasteiger partial charge in [-0.2, -0.15) is 0 Å². The van der Waals surface area contributed by atoms with Gasteiger partial charge in [-0.1, -0.05) is 41.9 Å². The van der Waals surface area contributed by atoms with Crippen molar-refractivity contribution in [3.05, 3.63) is 69.9 Å². The van der Waals surface area contributed by atoms with Crippen molar-refractivity contribution in [3.8, 4) is 11.5 Å². The Labute approximate surface area is 204 Å². The number of phenolic OH excluding ortho intramolecular Hbond substituents is 1. The van der Waals surface area contributed by atoms with Crippen molar-refractivity contribution < 1.29 is 24.2 Å². The molecule has 7 heteroatoms. The maximum atomic E-state index is 13.6. The first-order valence-corrected chi connectivity index (χ1v) is 11.7. The highest BCUT2D eigenvalue weighted by Crippen LogP contribution is 2.49. The molecule has 2 aliphatic rings. The minimum atomic E-state index is -0.788. The van der Waals surface area contributed by atoms with Crippen LogP contribution in [0, 0.1) is 5.92 Å². The van der Waals surface area contributed by atoms with Gasteiger partial charge in [0.1, 0.15) is 5.92 Å². The van der Waals surface area contributed by atoms with Gasteiger partial charge in [0.05, 0.1) is 18.2 Å². The SMILES string of the molecule is COc1cc([C@@H]2C3=C(C[C@@H](c4ccccc4)CC3=O)N=C(C)C2C(=O)OC(C)C)cc(Cl)c1O. The lowest BCUT2D eigenvalue weighted by atomic mass is 9.69. The van der Waals surface area contributed by atoms with Crippen molar-refractivity contribution in [2.75, 3.05) is 7.11 Å². The Bertz CT molecular complexity index is 1190. The van der Waals surface area contributed by atoms with Crippen molar-refractivity contribution >= 4 is 29.1 Å². The summed E-state index contributed by atoms with van der Waals surface area (Å²) in [6.45, 7) is 5.35. The predicted octanol–water partition coefficient (Wildman–Crippen LogP) is 5.58. The Morgan fingerprint density at radius 1 is 1.15 bits per heavy atom. The van der Waals surface area contributed by atoms with Crippen molar-refractivity contribution in [3.63, 3.8) is 0 Å². The number of esters is 1. The van der Waals surface area contributed by atoms with E-state index in [1.54, 1.807) is 32.9 Å². The number of allylic oxidation sites excluding steroid dienone is 2. The highest BCUT2D eigenvalue weighted by Gasteiger charge is 2.45. The molecule has 0 amide bonds. The second-order valence-electron chi connectivity index (χ2n) is 9.05. The van der Waals surface area contributed by atoms with Crippen LogP contribution in [0.4, 0.5) is 0 Å². The van der Waals surface area contributed by atoms with Gasteiger partial charge in [-0.15, -0.1) is 0 Å². The van der Waals surface area contributed by atoms with E-state index in [1.807, 2.05) is 30.3 Å². The molecular formula is C27H28ClNO5. The number of methoxy groups -OCH3 is 1. The minimum Gasteiger partial charge on any atom is -0.503 e. The number of aromatic hydroxyl groups is 1. The van der Waals surface area contributed by atoms with Gasteiger partial charge < -0.3 is 14.6 Å². The molecule has 6 nitrogen and oxygen atoms in total. The number of ketones is 1. The minimum absolute atomic E-state index is 0.0155. The van der Waals surface area contributed by atoms with Gasteiger partial charge in [-0.3, -0.25) is 14.6 Å². The lowest BCUT2D eigenvalue weighted by Gasteiger charge is -2.37. The Hall–Kier alpha value is -3.12. The van der Waals surface area contributed by atoms with E-state index in [4.69, 9.17) is 26.1 Å². The van der Waals surface area contributed by atoms with Gasteiger partial charge in [0.2, 0.25) is 0 Å². The number of hydrogen-bond donors (Lipinski definition) is 1. The standard InChI is InChI=1S/C27H28ClNO5/c1-14(2)34-27(32)23-15(3)29-20-11-17(16-8-6-5-7-9-16)12-21(30)25(20)24(23)18-10-19(28)26(31)22(13-18)33-4/h5-10,13-14,17,23-24,31H,11-12H2,1-4H3/t17-,23?,24+/m1/s1. The first-order valence-electron chi connectivity index (χ1n) is 11.3. The molecule has 2 aromatic rings. The molecular weight excluding hydrogens is 454 g/mol. The molecule has 1 N–H and O–H groups in total. The van der Waals surface area contributed by atoms with E-state index in [-0.39, 0.29) is 34.3 Å². The van der Waals surface area contributed by atoms with Crippen molar-refractivity contribution in [1.29, 1.82) is 0 Å². The van der Waals surface area contributed by atoms with Crippen LogP contribution in [0.3, 0.4) is 0 Å². The van der Waals surface area contributed by atoms with Crippen LogP contribution in [0.15, 0.2) is 58.7 Å². The Balaban J connectivity index is 1.86. The van der Waals surface area contributed by atoms with E-state index >= 15 is 0 Å². The number of rotatable bonds is 5. The molecule has 1 heterocycles. The summed E-state index contributed by atoms with van der Waals surface area (Å²) in [5.74, 6) is -1.94. The lowest BCUT2D eigenvalue weighted by Crippen LogP contribution is -2.38. The number of halogens is 1. The van der Waals surface area contributed by atoms with E-state index in [9.17, 15) is 14.7 Å². The summed E-state index contributed by atoms with van der Waals surface area (Å²) in [6.07, 6.45) is 0.593. The number of nitrogens with zero attached hydrogens (tertiary/aromatic N) is 1. The third-order valence-corrected chi connectivity index (χ3v) is 6.68. The molecule has 0 saturated carbocycles. The Kier molecular flexibility index (Phi) is 6.80. The normalized spacial score (nSPS) is 22.4. The number of ether oxygens (including phenoxy) is 2. The van der Waals surface area contributed by atoms with Crippen LogP contribution >= 0.6 is 11.6 Å². The first-order chi connectivity index (χ1) is 16.2. The Morgan fingerprint density at radius 3 is 2.50 bits per heavy atom. The maximum Gasteiger partial charge on any atom is 0.315 e. The Morgan fingerprint density at radius 2 is 1.85 bits per heavy atom. The molecule has 0 fully saturated rings. The number of benzene rings is 2. The third kappa shape index (κ3) is 4.47. The van der Waals surface area contributed by atoms with Crippen LogP contribution in [0.2, 0.25) is 5.02 Å². The predicted molar refractivity (Wildman–Crippen MR) is 131 cm³/mol. The number of phenols is 1. The summed E-state index contributed by atoms with van der Waals surface area (Å²) in [5.41, 5.74) is 3.46. The molecule has 0 aromatic heterocycles. The van der Waals surface area contributed by atoms with E-state index in [1.165, 1.54) is 7.11 Å². The summed E-state index contributed by atoms with van der Waals surface area (Å²) < 4.78 is 10.9. The molecule has 4 rings (SSSR count). The van der Waals surface area contributed by atoms with E-state index in [0.29, 0.717) is 35.4 Å². The zero-order valence-electron chi connectivity index (χ0n) is 19.7. The van der Waals surface area contributed by atoms with Crippen LogP contribution in [0.25, 0.3) is 0 Å². The third-order valence-electron chi connectivity index (χ3n) is 6.40. The van der Waals surface area contributed by atoms with Gasteiger partial charge in [-0.05, 0) is 56.4 Å². The lowest BCUT2D eigenvalue weighted by molar-refractivity contribution is -0.150. The molecule has 0 saturated heterocycles. The molecule has 1 unspecified atom stereocenters. The molecule has 34 heavy (non-hydrogen) atoms. The smallest absolute Gasteiger partial charge is 0.315 e. The molecule has 0 spiro atoms. The molecule has 1 aliphatic heterocycles. The summed E-state index contributed by atoms with van der Waals surface area (Å²) >= 11 is 6.30. The average Bonchev–Trinajstić information content (AvgIpc) is 2.79. The van der Waals surface area contributed by atoms with Gasteiger partial charge in [0, 0.05) is 29.3 Å². The summed E-state index contributed by atoms with van der Waals surface area (Å²) in [6, 6.07) is 13.1. The van der Waals surface area contributed by atoms with Crippen LogP contribution in [0.5, 0.6) is 11.5 Å². The fourth-order valence-corrected chi connectivity index (χ4v) is 5.14. The molecule has 3 atom stereocenters. The quantitative estimate of drug-likeness (QED) is 0.563. The van der Waals surface area contributed by atoms with Crippen molar-refractivity contribution in [2.24, 2.45) is 10.9 Å². The highest BCUT2D eigenvalue weighted by atomic mass is 35.5. The fraction of sp³-hybridized carbons (Fsp3) is 0.370. The summed E-state index contributed by atoms with van der Waals surface area (Å²) in [4.78, 5) is 31.6. The van der Waals surface area contributed by atoms with Crippen molar-refractivity contribution in [2.45, 2.75) is 51.6 Å². The molecule has 1 aliphatic carbocycles. The van der Waals surface area contributed by atoms with Crippen LogP contribution in [-0.4, -0.2) is 35.8 Å². The van der Waals surface area contributed by atoms with E-state index in [0.717, 1.165) is 5.56 Å². The zero-order valence-corrected chi connectivity index (χ0v) is 20.4.